The Morgan fingerprint density at radius 2 is 2.27 bits per heavy atom. The maximum atomic E-state index is 3.81. The Bertz CT molecular complexity index is 210. The Hall–Kier alpha value is 0.270. The lowest BCUT2D eigenvalue weighted by Crippen LogP contribution is -2.41. The predicted octanol–water partition coefficient (Wildman–Crippen LogP) is 2.30. The van der Waals surface area contributed by atoms with Crippen molar-refractivity contribution in [3.05, 3.63) is 0 Å². The summed E-state index contributed by atoms with van der Waals surface area (Å²) < 4.78 is 0. The van der Waals surface area contributed by atoms with Gasteiger partial charge in [0.25, 0.3) is 0 Å². The largest absolute Gasteiger partial charge is 0.303 e. The molecule has 0 amide bonds. The van der Waals surface area contributed by atoms with E-state index in [0.29, 0.717) is 10.9 Å². The summed E-state index contributed by atoms with van der Waals surface area (Å²) in [5.41, 5.74) is 0. The molecular formula is C12H24N2S. The van der Waals surface area contributed by atoms with Crippen molar-refractivity contribution in [2.24, 2.45) is 0 Å². The van der Waals surface area contributed by atoms with Crippen LogP contribution in [0.25, 0.3) is 0 Å². The molecule has 2 atom stereocenters. The molecule has 3 heteroatoms. The number of hydrogen-bond donors (Lipinski definition) is 1. The quantitative estimate of drug-likeness (QED) is 0.781. The molecule has 2 heterocycles. The molecule has 2 aliphatic heterocycles. The van der Waals surface area contributed by atoms with Crippen molar-refractivity contribution in [2.75, 3.05) is 25.4 Å². The normalized spacial score (nSPS) is 38.4. The van der Waals surface area contributed by atoms with Gasteiger partial charge in [0.05, 0.1) is 4.87 Å². The van der Waals surface area contributed by atoms with Crippen LogP contribution >= 0.6 is 11.8 Å². The molecule has 2 fully saturated rings. The van der Waals surface area contributed by atoms with Crippen LogP contribution in [0.1, 0.15) is 39.5 Å². The van der Waals surface area contributed by atoms with Crippen LogP contribution < -0.4 is 5.32 Å². The van der Waals surface area contributed by atoms with Gasteiger partial charge in [-0.25, -0.2) is 0 Å². The molecule has 2 unspecified atom stereocenters. The first-order valence-corrected chi connectivity index (χ1v) is 7.37. The maximum absolute atomic E-state index is 3.81. The highest BCUT2D eigenvalue weighted by Crippen LogP contribution is 2.38. The lowest BCUT2D eigenvalue weighted by Gasteiger charge is -2.28. The first-order valence-electron chi connectivity index (χ1n) is 6.38. The summed E-state index contributed by atoms with van der Waals surface area (Å²) >= 11 is 2.17. The number of thioether (sulfide) groups is 1. The van der Waals surface area contributed by atoms with Gasteiger partial charge in [-0.15, -0.1) is 11.8 Å². The number of nitrogens with zero attached hydrogens (tertiary/aromatic N) is 1. The van der Waals surface area contributed by atoms with E-state index in [1.807, 2.05) is 0 Å². The minimum Gasteiger partial charge on any atom is -0.303 e. The van der Waals surface area contributed by atoms with Crippen molar-refractivity contribution in [2.45, 2.75) is 50.4 Å². The molecule has 0 aliphatic carbocycles. The highest BCUT2D eigenvalue weighted by atomic mass is 32.2. The Morgan fingerprint density at radius 3 is 2.93 bits per heavy atom. The molecule has 1 N–H and O–H groups in total. The molecule has 1 spiro atoms. The molecule has 0 radical (unpaired) electrons. The number of nitrogens with one attached hydrogen (secondary N) is 1. The van der Waals surface area contributed by atoms with Gasteiger partial charge >= 0.3 is 0 Å². The van der Waals surface area contributed by atoms with E-state index in [-0.39, 0.29) is 0 Å². The molecular weight excluding hydrogens is 204 g/mol. The van der Waals surface area contributed by atoms with E-state index in [2.05, 4.69) is 35.8 Å². The van der Waals surface area contributed by atoms with E-state index >= 15 is 0 Å². The lowest BCUT2D eigenvalue weighted by atomic mass is 10.1. The van der Waals surface area contributed by atoms with Crippen LogP contribution in [0.3, 0.4) is 0 Å². The van der Waals surface area contributed by atoms with Crippen molar-refractivity contribution in [1.82, 2.24) is 10.2 Å². The summed E-state index contributed by atoms with van der Waals surface area (Å²) in [5.74, 6) is 1.30. The molecule has 2 nitrogen and oxygen atoms in total. The fourth-order valence-corrected chi connectivity index (χ4v) is 4.27. The van der Waals surface area contributed by atoms with Crippen molar-refractivity contribution < 1.29 is 0 Å². The molecule has 15 heavy (non-hydrogen) atoms. The third-order valence-corrected chi connectivity index (χ3v) is 5.29. The fourth-order valence-electron chi connectivity index (χ4n) is 2.81. The maximum Gasteiger partial charge on any atom is 0.0660 e. The van der Waals surface area contributed by atoms with Crippen molar-refractivity contribution in [3.63, 3.8) is 0 Å². The van der Waals surface area contributed by atoms with E-state index in [4.69, 9.17) is 0 Å². The number of likely N-dealkylation sites (tertiary alicyclic amines) is 1. The van der Waals surface area contributed by atoms with E-state index < -0.39 is 0 Å². The lowest BCUT2D eigenvalue weighted by molar-refractivity contribution is 0.280. The van der Waals surface area contributed by atoms with Crippen molar-refractivity contribution in [3.8, 4) is 0 Å². The van der Waals surface area contributed by atoms with E-state index in [1.54, 1.807) is 0 Å². The molecule has 88 valence electrons. The van der Waals surface area contributed by atoms with Crippen LogP contribution in [0.5, 0.6) is 0 Å². The SMILES string of the molecule is CCCN1CCCC2(CC1)NC(C)CS2. The fraction of sp³-hybridized carbons (Fsp3) is 1.00. The van der Waals surface area contributed by atoms with E-state index in [9.17, 15) is 0 Å². The van der Waals surface area contributed by atoms with Crippen LogP contribution in [-0.2, 0) is 0 Å². The monoisotopic (exact) mass is 228 g/mol. The average molecular weight is 228 g/mol. The third-order valence-electron chi connectivity index (χ3n) is 3.55. The summed E-state index contributed by atoms with van der Waals surface area (Å²) in [6.45, 7) is 8.49. The topological polar surface area (TPSA) is 15.3 Å². The van der Waals surface area contributed by atoms with Crippen LogP contribution in [-0.4, -0.2) is 41.2 Å². The molecule has 2 aliphatic rings. The van der Waals surface area contributed by atoms with Crippen molar-refractivity contribution in [1.29, 1.82) is 0 Å². The zero-order valence-electron chi connectivity index (χ0n) is 10.1. The van der Waals surface area contributed by atoms with Crippen molar-refractivity contribution >= 4 is 11.8 Å². The highest BCUT2D eigenvalue weighted by molar-refractivity contribution is 8.00. The summed E-state index contributed by atoms with van der Waals surface area (Å²) in [6.07, 6.45) is 5.36. The van der Waals surface area contributed by atoms with Crippen LogP contribution in [0.2, 0.25) is 0 Å². The minimum atomic E-state index is 0.432. The molecule has 0 aromatic rings. The number of hydrogen-bond acceptors (Lipinski definition) is 3. The Morgan fingerprint density at radius 1 is 1.40 bits per heavy atom. The van der Waals surface area contributed by atoms with Gasteiger partial charge in [-0.2, -0.15) is 0 Å². The molecule has 2 rings (SSSR count). The molecule has 0 aromatic heterocycles. The second-order valence-electron chi connectivity index (χ2n) is 5.05. The zero-order chi connectivity index (χ0) is 10.7. The van der Waals surface area contributed by atoms with Crippen LogP contribution in [0.4, 0.5) is 0 Å². The van der Waals surface area contributed by atoms with Gasteiger partial charge in [-0.1, -0.05) is 6.92 Å². The Labute approximate surface area is 98.2 Å². The van der Waals surface area contributed by atoms with Gasteiger partial charge in [-0.05, 0) is 45.7 Å². The van der Waals surface area contributed by atoms with Gasteiger partial charge in [0.15, 0.2) is 0 Å². The molecule has 0 aromatic carbocycles. The highest BCUT2D eigenvalue weighted by Gasteiger charge is 2.38. The van der Waals surface area contributed by atoms with Crippen LogP contribution in [0.15, 0.2) is 0 Å². The summed E-state index contributed by atoms with van der Waals surface area (Å²) in [7, 11) is 0. The van der Waals surface area contributed by atoms with E-state index in [0.717, 1.165) is 0 Å². The Balaban J connectivity index is 1.89. The second-order valence-corrected chi connectivity index (χ2v) is 6.45. The first-order chi connectivity index (χ1) is 7.24. The molecule has 0 saturated carbocycles. The predicted molar refractivity (Wildman–Crippen MR) is 68.4 cm³/mol. The average Bonchev–Trinajstić information content (AvgIpc) is 2.45. The zero-order valence-corrected chi connectivity index (χ0v) is 10.9. The summed E-state index contributed by atoms with van der Waals surface area (Å²) in [5, 5.41) is 3.81. The Kier molecular flexibility index (Phi) is 3.97. The third kappa shape index (κ3) is 2.89. The van der Waals surface area contributed by atoms with Gasteiger partial charge < -0.3 is 4.90 Å². The van der Waals surface area contributed by atoms with Gasteiger partial charge in [0, 0.05) is 18.3 Å². The summed E-state index contributed by atoms with van der Waals surface area (Å²) in [6, 6.07) is 0.715. The standard InChI is InChI=1S/C12H24N2S/c1-3-7-14-8-4-5-12(6-9-14)13-11(2)10-15-12/h11,13H,3-10H2,1-2H3. The smallest absolute Gasteiger partial charge is 0.0660 e. The summed E-state index contributed by atoms with van der Waals surface area (Å²) in [4.78, 5) is 3.07. The minimum absolute atomic E-state index is 0.432. The molecule has 0 bridgehead atoms. The molecule has 2 saturated heterocycles. The van der Waals surface area contributed by atoms with E-state index in [1.165, 1.54) is 51.1 Å². The second kappa shape index (κ2) is 5.07. The number of rotatable bonds is 2. The van der Waals surface area contributed by atoms with Gasteiger partial charge in [0.1, 0.15) is 0 Å². The van der Waals surface area contributed by atoms with Crippen LogP contribution in [0, 0.1) is 0 Å². The first kappa shape index (κ1) is 11.7. The van der Waals surface area contributed by atoms with Gasteiger partial charge in [0.2, 0.25) is 0 Å². The van der Waals surface area contributed by atoms with Gasteiger partial charge in [-0.3, -0.25) is 5.32 Å².